The summed E-state index contributed by atoms with van der Waals surface area (Å²) < 4.78 is 1.04. The van der Waals surface area contributed by atoms with Gasteiger partial charge >= 0.3 is 0 Å². The van der Waals surface area contributed by atoms with E-state index in [0.717, 1.165) is 21.3 Å². The van der Waals surface area contributed by atoms with Gasteiger partial charge in [-0.2, -0.15) is 5.26 Å². The topological polar surface area (TPSA) is 52.9 Å². The van der Waals surface area contributed by atoms with Crippen LogP contribution < -0.4 is 5.32 Å². The van der Waals surface area contributed by atoms with Crippen molar-refractivity contribution in [3.05, 3.63) is 63.1 Å². The van der Waals surface area contributed by atoms with Gasteiger partial charge in [0.2, 0.25) is 0 Å². The Hall–Kier alpha value is -2.12. The average molecular weight is 329 g/mol. The normalized spacial score (nSPS) is 9.90. The van der Waals surface area contributed by atoms with Crippen LogP contribution in [0.3, 0.4) is 0 Å². The Labute approximate surface area is 126 Å². The van der Waals surface area contributed by atoms with Crippen LogP contribution in [0.15, 0.2) is 40.9 Å². The number of nitrogens with zero attached hydrogens (tertiary/aromatic N) is 1. The average Bonchev–Trinajstić information content (AvgIpc) is 2.44. The van der Waals surface area contributed by atoms with Gasteiger partial charge in [-0.1, -0.05) is 22.0 Å². The summed E-state index contributed by atoms with van der Waals surface area (Å²) in [6, 6.07) is 12.5. The Morgan fingerprint density at radius 3 is 2.45 bits per heavy atom. The van der Waals surface area contributed by atoms with Gasteiger partial charge in [-0.15, -0.1) is 0 Å². The summed E-state index contributed by atoms with van der Waals surface area (Å²) >= 11 is 3.49. The molecule has 2 rings (SSSR count). The number of benzene rings is 2. The Kier molecular flexibility index (Phi) is 4.21. The summed E-state index contributed by atoms with van der Waals surface area (Å²) in [5.74, 6) is -0.219. The maximum atomic E-state index is 12.2. The van der Waals surface area contributed by atoms with Crippen molar-refractivity contribution in [2.24, 2.45) is 0 Å². The molecule has 20 heavy (non-hydrogen) atoms. The molecular weight excluding hydrogens is 316 g/mol. The van der Waals surface area contributed by atoms with Crippen LogP contribution in [-0.4, -0.2) is 5.91 Å². The highest BCUT2D eigenvalue weighted by Crippen LogP contribution is 2.25. The van der Waals surface area contributed by atoms with Crippen molar-refractivity contribution in [3.8, 4) is 6.07 Å². The number of rotatable bonds is 2. The predicted molar refractivity (Wildman–Crippen MR) is 82.7 cm³/mol. The number of carbonyl (C=O) groups is 1. The van der Waals surface area contributed by atoms with Crippen molar-refractivity contribution in [1.29, 1.82) is 5.26 Å². The van der Waals surface area contributed by atoms with Crippen molar-refractivity contribution in [2.45, 2.75) is 13.8 Å². The number of nitriles is 1. The van der Waals surface area contributed by atoms with Gasteiger partial charge in [0.25, 0.3) is 5.91 Å². The van der Waals surface area contributed by atoms with Crippen molar-refractivity contribution in [2.75, 3.05) is 5.32 Å². The summed E-state index contributed by atoms with van der Waals surface area (Å²) in [6.45, 7) is 3.95. The van der Waals surface area contributed by atoms with Crippen molar-refractivity contribution < 1.29 is 4.79 Å². The van der Waals surface area contributed by atoms with E-state index < -0.39 is 0 Å². The largest absolute Gasteiger partial charge is 0.322 e. The van der Waals surface area contributed by atoms with Gasteiger partial charge in [-0.3, -0.25) is 4.79 Å². The highest BCUT2D eigenvalue weighted by Gasteiger charge is 2.09. The van der Waals surface area contributed by atoms with Gasteiger partial charge in [-0.25, -0.2) is 0 Å². The third kappa shape index (κ3) is 3.06. The zero-order valence-electron chi connectivity index (χ0n) is 11.2. The quantitative estimate of drug-likeness (QED) is 0.898. The summed E-state index contributed by atoms with van der Waals surface area (Å²) in [4.78, 5) is 12.2. The molecule has 1 amide bonds. The lowest BCUT2D eigenvalue weighted by Crippen LogP contribution is -2.12. The fourth-order valence-electron chi connectivity index (χ4n) is 1.95. The van der Waals surface area contributed by atoms with E-state index in [9.17, 15) is 4.79 Å². The first-order valence-electron chi connectivity index (χ1n) is 6.09. The molecule has 2 aromatic carbocycles. The van der Waals surface area contributed by atoms with Crippen LogP contribution >= 0.6 is 15.9 Å². The summed E-state index contributed by atoms with van der Waals surface area (Å²) in [6.07, 6.45) is 0. The molecule has 0 spiro atoms. The zero-order chi connectivity index (χ0) is 14.7. The molecule has 100 valence electrons. The van der Waals surface area contributed by atoms with Crippen LogP contribution in [0.4, 0.5) is 5.69 Å². The second kappa shape index (κ2) is 5.89. The van der Waals surface area contributed by atoms with Crippen LogP contribution in [-0.2, 0) is 0 Å². The lowest BCUT2D eigenvalue weighted by Gasteiger charge is -2.10. The third-order valence-corrected chi connectivity index (χ3v) is 4.20. The fourth-order valence-corrected chi connectivity index (χ4v) is 2.18. The molecule has 0 heterocycles. The minimum atomic E-state index is -0.219. The van der Waals surface area contributed by atoms with Gasteiger partial charge in [0.15, 0.2) is 0 Å². The molecule has 1 N–H and O–H groups in total. The zero-order valence-corrected chi connectivity index (χ0v) is 12.8. The van der Waals surface area contributed by atoms with Crippen LogP contribution in [0.25, 0.3) is 0 Å². The number of anilines is 1. The van der Waals surface area contributed by atoms with Gasteiger partial charge in [0.05, 0.1) is 11.6 Å². The van der Waals surface area contributed by atoms with Crippen molar-refractivity contribution >= 4 is 27.5 Å². The standard InChI is InChI=1S/C16H13BrN2O/c1-10-6-14(7-11(2)15(10)17)19-16(20)13-5-3-4-12(8-13)9-18/h3-8H,1-2H3,(H,19,20). The molecule has 4 heteroatoms. The number of hydrogen-bond donors (Lipinski definition) is 1. The molecule has 0 fully saturated rings. The number of nitrogens with one attached hydrogen (secondary N) is 1. The lowest BCUT2D eigenvalue weighted by atomic mass is 10.1. The molecule has 0 aliphatic carbocycles. The molecule has 0 saturated heterocycles. The van der Waals surface area contributed by atoms with E-state index in [4.69, 9.17) is 5.26 Å². The second-order valence-electron chi connectivity index (χ2n) is 4.57. The monoisotopic (exact) mass is 328 g/mol. The molecule has 0 radical (unpaired) electrons. The van der Waals surface area contributed by atoms with Crippen LogP contribution in [0.2, 0.25) is 0 Å². The van der Waals surface area contributed by atoms with Crippen LogP contribution in [0, 0.1) is 25.2 Å². The molecular formula is C16H13BrN2O. The summed E-state index contributed by atoms with van der Waals surface area (Å²) in [7, 11) is 0. The SMILES string of the molecule is Cc1cc(NC(=O)c2cccc(C#N)c2)cc(C)c1Br. The first-order chi connectivity index (χ1) is 9.51. The van der Waals surface area contributed by atoms with Crippen molar-refractivity contribution in [3.63, 3.8) is 0 Å². The highest BCUT2D eigenvalue weighted by atomic mass is 79.9. The minimum Gasteiger partial charge on any atom is -0.322 e. The molecule has 0 aromatic heterocycles. The van der Waals surface area contributed by atoms with Crippen molar-refractivity contribution in [1.82, 2.24) is 0 Å². The van der Waals surface area contributed by atoms with E-state index in [1.807, 2.05) is 32.0 Å². The van der Waals surface area contributed by atoms with E-state index in [-0.39, 0.29) is 5.91 Å². The molecule has 0 atom stereocenters. The number of carbonyl (C=O) groups excluding carboxylic acids is 1. The fraction of sp³-hybridized carbons (Fsp3) is 0.125. The molecule has 2 aromatic rings. The van der Waals surface area contributed by atoms with E-state index >= 15 is 0 Å². The maximum Gasteiger partial charge on any atom is 0.255 e. The molecule has 0 saturated carbocycles. The maximum absolute atomic E-state index is 12.2. The van der Waals surface area contributed by atoms with Gasteiger partial charge in [0, 0.05) is 15.7 Å². The van der Waals surface area contributed by atoms with Gasteiger partial charge in [0.1, 0.15) is 0 Å². The molecule has 0 aliphatic heterocycles. The number of hydrogen-bond acceptors (Lipinski definition) is 2. The Bertz CT molecular complexity index is 694. The Morgan fingerprint density at radius 2 is 1.85 bits per heavy atom. The van der Waals surface area contributed by atoms with Crippen LogP contribution in [0.5, 0.6) is 0 Å². The third-order valence-electron chi connectivity index (χ3n) is 2.95. The Morgan fingerprint density at radius 1 is 1.20 bits per heavy atom. The van der Waals surface area contributed by atoms with E-state index in [1.165, 1.54) is 0 Å². The highest BCUT2D eigenvalue weighted by molar-refractivity contribution is 9.10. The molecule has 0 bridgehead atoms. The summed E-state index contributed by atoms with van der Waals surface area (Å²) in [5, 5.41) is 11.7. The second-order valence-corrected chi connectivity index (χ2v) is 5.36. The predicted octanol–water partition coefficient (Wildman–Crippen LogP) is 4.19. The van der Waals surface area contributed by atoms with E-state index in [0.29, 0.717) is 11.1 Å². The molecule has 3 nitrogen and oxygen atoms in total. The minimum absolute atomic E-state index is 0.219. The van der Waals surface area contributed by atoms with Gasteiger partial charge in [-0.05, 0) is 55.3 Å². The van der Waals surface area contributed by atoms with Gasteiger partial charge < -0.3 is 5.32 Å². The molecule has 0 unspecified atom stereocenters. The van der Waals surface area contributed by atoms with E-state index in [2.05, 4.69) is 21.2 Å². The van der Waals surface area contributed by atoms with E-state index in [1.54, 1.807) is 24.3 Å². The summed E-state index contributed by atoms with van der Waals surface area (Å²) in [5.41, 5.74) is 3.82. The molecule has 0 aliphatic rings. The number of halogens is 1. The number of amides is 1. The number of aryl methyl sites for hydroxylation is 2. The Balaban J connectivity index is 2.26. The first kappa shape index (κ1) is 14.3. The van der Waals surface area contributed by atoms with Crippen LogP contribution in [0.1, 0.15) is 27.0 Å². The first-order valence-corrected chi connectivity index (χ1v) is 6.89. The lowest BCUT2D eigenvalue weighted by molar-refractivity contribution is 0.102. The smallest absolute Gasteiger partial charge is 0.255 e.